The summed E-state index contributed by atoms with van der Waals surface area (Å²) >= 11 is 5.28. The van der Waals surface area contributed by atoms with Crippen LogP contribution in [0.2, 0.25) is 0 Å². The van der Waals surface area contributed by atoms with Gasteiger partial charge in [0, 0.05) is 11.4 Å². The van der Waals surface area contributed by atoms with Gasteiger partial charge >= 0.3 is 0 Å². The molecule has 0 aliphatic carbocycles. The van der Waals surface area contributed by atoms with Crippen molar-refractivity contribution in [1.82, 2.24) is 10.6 Å². The fourth-order valence-corrected chi connectivity index (χ4v) is 3.99. The van der Waals surface area contributed by atoms with Crippen molar-refractivity contribution in [1.29, 1.82) is 0 Å². The van der Waals surface area contributed by atoms with Crippen molar-refractivity contribution in [3.63, 3.8) is 0 Å². The number of nitrogens with two attached hydrogens (primary N) is 1. The molecule has 0 bridgehead atoms. The predicted molar refractivity (Wildman–Crippen MR) is 120 cm³/mol. The number of benzene rings is 2. The minimum Gasteiger partial charge on any atom is -0.493 e. The van der Waals surface area contributed by atoms with E-state index in [9.17, 15) is 13.2 Å². The van der Waals surface area contributed by atoms with Crippen LogP contribution in [-0.4, -0.2) is 33.7 Å². The lowest BCUT2D eigenvalue weighted by Crippen LogP contribution is -2.45. The summed E-state index contributed by atoms with van der Waals surface area (Å²) in [5, 5.41) is 14.3. The van der Waals surface area contributed by atoms with Crippen LogP contribution in [0.15, 0.2) is 58.6 Å². The molecule has 0 fully saturated rings. The largest absolute Gasteiger partial charge is 0.493 e. The minimum atomic E-state index is -3.82. The molecule has 1 atom stereocenters. The first-order valence-electron chi connectivity index (χ1n) is 9.08. The zero-order valence-electron chi connectivity index (χ0n) is 17.1. The fourth-order valence-electron chi connectivity index (χ4n) is 3.20. The van der Waals surface area contributed by atoms with Crippen molar-refractivity contribution in [2.24, 2.45) is 5.14 Å². The number of anilines is 1. The van der Waals surface area contributed by atoms with Crippen molar-refractivity contribution in [2.45, 2.75) is 17.9 Å². The van der Waals surface area contributed by atoms with Crippen LogP contribution in [0.3, 0.4) is 0 Å². The molecule has 3 rings (SSSR count). The first-order chi connectivity index (χ1) is 14.6. The molecule has 1 aliphatic rings. The molecule has 1 heterocycles. The topological polar surface area (TPSA) is 132 Å². The number of hydrogen-bond acceptors (Lipinski definition) is 6. The van der Waals surface area contributed by atoms with Gasteiger partial charge in [-0.05, 0) is 61.1 Å². The van der Waals surface area contributed by atoms with E-state index in [1.165, 1.54) is 31.4 Å². The summed E-state index contributed by atoms with van der Waals surface area (Å²) in [4.78, 5) is 13.1. The summed E-state index contributed by atoms with van der Waals surface area (Å²) in [6.07, 6.45) is 0. The first-order valence-corrected chi connectivity index (χ1v) is 11.0. The Morgan fingerprint density at radius 3 is 2.32 bits per heavy atom. The molecule has 0 aromatic heterocycles. The zero-order valence-corrected chi connectivity index (χ0v) is 18.7. The molecular weight excluding hydrogens is 440 g/mol. The Balaban J connectivity index is 1.93. The van der Waals surface area contributed by atoms with Crippen LogP contribution in [0.5, 0.6) is 11.5 Å². The van der Waals surface area contributed by atoms with Gasteiger partial charge in [-0.15, -0.1) is 0 Å². The number of amides is 1. The number of sulfonamides is 1. The zero-order chi connectivity index (χ0) is 22.8. The van der Waals surface area contributed by atoms with Gasteiger partial charge in [-0.1, -0.05) is 6.07 Å². The van der Waals surface area contributed by atoms with Crippen LogP contribution in [0.25, 0.3) is 0 Å². The molecule has 1 aliphatic heterocycles. The maximum Gasteiger partial charge on any atom is 0.255 e. The molecule has 5 N–H and O–H groups in total. The van der Waals surface area contributed by atoms with Gasteiger partial charge in [-0.2, -0.15) is 0 Å². The maximum atomic E-state index is 13.1. The molecule has 9 nitrogen and oxygen atoms in total. The number of ether oxygens (including phenoxy) is 2. The van der Waals surface area contributed by atoms with Crippen LogP contribution in [-0.2, 0) is 14.8 Å². The lowest BCUT2D eigenvalue weighted by Gasteiger charge is -2.30. The van der Waals surface area contributed by atoms with Crippen LogP contribution in [0.4, 0.5) is 5.69 Å². The van der Waals surface area contributed by atoms with E-state index in [4.69, 9.17) is 26.8 Å². The summed E-state index contributed by atoms with van der Waals surface area (Å²) in [5.41, 5.74) is 2.16. The van der Waals surface area contributed by atoms with Gasteiger partial charge in [0.25, 0.3) is 5.91 Å². The van der Waals surface area contributed by atoms with Gasteiger partial charge in [0.2, 0.25) is 10.0 Å². The number of hydrogen-bond donors (Lipinski definition) is 4. The van der Waals surface area contributed by atoms with Gasteiger partial charge in [-0.25, -0.2) is 13.6 Å². The molecule has 2 aromatic rings. The highest BCUT2D eigenvalue weighted by molar-refractivity contribution is 7.89. The molecule has 164 valence electrons. The van der Waals surface area contributed by atoms with E-state index in [2.05, 4.69) is 16.0 Å². The molecular formula is C20H22N4O5S2. The number of nitrogens with one attached hydrogen (secondary N) is 3. The van der Waals surface area contributed by atoms with Gasteiger partial charge in [0.05, 0.1) is 30.7 Å². The highest BCUT2D eigenvalue weighted by Gasteiger charge is 2.30. The summed E-state index contributed by atoms with van der Waals surface area (Å²) in [5.74, 6) is 0.690. The molecule has 0 radical (unpaired) electrons. The van der Waals surface area contributed by atoms with Gasteiger partial charge in [-0.3, -0.25) is 4.79 Å². The average Bonchev–Trinajstić information content (AvgIpc) is 2.72. The normalized spacial score (nSPS) is 16.3. The van der Waals surface area contributed by atoms with Crippen molar-refractivity contribution < 1.29 is 22.7 Å². The molecule has 0 spiro atoms. The van der Waals surface area contributed by atoms with E-state index in [-0.39, 0.29) is 10.8 Å². The molecule has 0 saturated heterocycles. The second-order valence-corrected chi connectivity index (χ2v) is 8.68. The van der Waals surface area contributed by atoms with E-state index < -0.39 is 16.1 Å². The van der Waals surface area contributed by atoms with Crippen molar-refractivity contribution >= 4 is 38.9 Å². The summed E-state index contributed by atoms with van der Waals surface area (Å²) in [6, 6.07) is 10.4. The molecule has 1 amide bonds. The number of allylic oxidation sites excluding steroid dienone is 1. The number of carbonyl (C=O) groups excluding carboxylic acids is 1. The monoisotopic (exact) mass is 462 g/mol. The van der Waals surface area contributed by atoms with Crippen LogP contribution in [0, 0.1) is 0 Å². The van der Waals surface area contributed by atoms with Crippen LogP contribution in [0.1, 0.15) is 18.5 Å². The quantitative estimate of drug-likeness (QED) is 0.478. The third-order valence-electron chi connectivity index (χ3n) is 4.70. The SMILES string of the molecule is COc1ccc(C2NC(=S)NC(C)=C2C(=O)Nc2ccc(S(N)(=O)=O)cc2)cc1OC. The first kappa shape index (κ1) is 22.5. The Morgan fingerprint density at radius 2 is 1.74 bits per heavy atom. The Hall–Kier alpha value is -3.15. The number of primary sulfonamides is 1. The Morgan fingerprint density at radius 1 is 1.10 bits per heavy atom. The molecule has 0 saturated carbocycles. The van der Waals surface area contributed by atoms with Gasteiger partial charge in [0.15, 0.2) is 16.6 Å². The smallest absolute Gasteiger partial charge is 0.255 e. The number of thiocarbonyl (C=S) groups is 1. The van der Waals surface area contributed by atoms with Gasteiger partial charge in [0.1, 0.15) is 0 Å². The predicted octanol–water partition coefficient (Wildman–Crippen LogP) is 1.78. The number of carbonyl (C=O) groups is 1. The summed E-state index contributed by atoms with van der Waals surface area (Å²) in [7, 11) is -0.748. The average molecular weight is 463 g/mol. The van der Waals surface area contributed by atoms with Crippen LogP contribution < -0.4 is 30.6 Å². The minimum absolute atomic E-state index is 0.0459. The van der Waals surface area contributed by atoms with Gasteiger partial charge < -0.3 is 25.4 Å². The highest BCUT2D eigenvalue weighted by Crippen LogP contribution is 2.34. The van der Waals surface area contributed by atoms with Crippen molar-refractivity contribution in [3.8, 4) is 11.5 Å². The van der Waals surface area contributed by atoms with E-state index in [0.29, 0.717) is 33.6 Å². The molecule has 2 aromatic carbocycles. The number of rotatable bonds is 6. The standard InChI is InChI=1S/C20H22N4O5S2/c1-11-17(19(25)23-13-5-7-14(8-6-13)31(21,26)27)18(24-20(30)22-11)12-4-9-15(28-2)16(10-12)29-3/h4-10,18H,1-3H3,(H,23,25)(H2,21,26,27)(H2,22,24,30). The Labute approximate surface area is 185 Å². The highest BCUT2D eigenvalue weighted by atomic mass is 32.2. The lowest BCUT2D eigenvalue weighted by molar-refractivity contribution is -0.113. The molecule has 11 heteroatoms. The Bertz CT molecular complexity index is 1160. The fraction of sp³-hybridized carbons (Fsp3) is 0.200. The molecule has 31 heavy (non-hydrogen) atoms. The third kappa shape index (κ3) is 4.95. The van der Waals surface area contributed by atoms with E-state index in [1.807, 2.05) is 6.07 Å². The van der Waals surface area contributed by atoms with Crippen molar-refractivity contribution in [3.05, 3.63) is 59.3 Å². The maximum absolute atomic E-state index is 13.1. The van der Waals surface area contributed by atoms with Crippen molar-refractivity contribution in [2.75, 3.05) is 19.5 Å². The summed E-state index contributed by atoms with van der Waals surface area (Å²) < 4.78 is 33.5. The van der Waals surface area contributed by atoms with Crippen LogP contribution >= 0.6 is 12.2 Å². The summed E-state index contributed by atoms with van der Waals surface area (Å²) in [6.45, 7) is 1.75. The third-order valence-corrected chi connectivity index (χ3v) is 5.84. The second-order valence-electron chi connectivity index (χ2n) is 6.71. The van der Waals surface area contributed by atoms with E-state index >= 15 is 0 Å². The number of methoxy groups -OCH3 is 2. The Kier molecular flexibility index (Phi) is 6.48. The molecule has 1 unspecified atom stereocenters. The second kappa shape index (κ2) is 8.92. The lowest BCUT2D eigenvalue weighted by atomic mass is 9.94. The van der Waals surface area contributed by atoms with E-state index in [0.717, 1.165) is 5.56 Å². The van der Waals surface area contributed by atoms with E-state index in [1.54, 1.807) is 26.2 Å².